The van der Waals surface area contributed by atoms with Gasteiger partial charge in [-0.3, -0.25) is 9.69 Å². The second-order valence-corrected chi connectivity index (χ2v) is 9.52. The molecule has 1 aliphatic heterocycles. The molecule has 33 heavy (non-hydrogen) atoms. The Labute approximate surface area is 209 Å². The van der Waals surface area contributed by atoms with Gasteiger partial charge < -0.3 is 9.47 Å². The van der Waals surface area contributed by atoms with Crippen LogP contribution in [0.5, 0.6) is 11.5 Å². The van der Waals surface area contributed by atoms with Crippen molar-refractivity contribution in [3.8, 4) is 11.5 Å². The number of nitrogens with zero attached hydrogens (tertiary/aromatic N) is 1. The van der Waals surface area contributed by atoms with Gasteiger partial charge in [-0.25, -0.2) is 4.39 Å². The van der Waals surface area contributed by atoms with Gasteiger partial charge in [0.05, 0.1) is 17.2 Å². The molecule has 0 aliphatic carbocycles. The number of anilines is 1. The highest BCUT2D eigenvalue weighted by atomic mass is 79.9. The molecule has 0 saturated carbocycles. The maximum Gasteiger partial charge on any atom is 0.270 e. The van der Waals surface area contributed by atoms with E-state index in [4.69, 9.17) is 21.7 Å². The zero-order valence-electron chi connectivity index (χ0n) is 17.6. The number of thiocarbonyl (C=S) groups is 1. The molecule has 3 aromatic carbocycles. The standard InChI is InChI=1S/C25H19BrFNO3S2/c1-2-30-21-12-17(19(26)14-22(21)31-15-16-8-6-7-11-20(16)27)13-23-24(29)28(25(32)33-23)18-9-4-3-5-10-18/h3-14H,2,15H2,1H3/b23-13+. The van der Waals surface area contributed by atoms with Crippen LogP contribution in [-0.4, -0.2) is 16.8 Å². The normalized spacial score (nSPS) is 14.8. The molecule has 3 aromatic rings. The van der Waals surface area contributed by atoms with Crippen molar-refractivity contribution in [2.45, 2.75) is 13.5 Å². The first-order chi connectivity index (χ1) is 16.0. The number of carbonyl (C=O) groups excluding carboxylic acids is 1. The molecule has 4 rings (SSSR count). The molecule has 1 amide bonds. The molecule has 168 valence electrons. The Morgan fingerprint density at radius 3 is 2.48 bits per heavy atom. The molecule has 1 heterocycles. The van der Waals surface area contributed by atoms with E-state index in [0.29, 0.717) is 37.4 Å². The average molecular weight is 544 g/mol. The van der Waals surface area contributed by atoms with Crippen LogP contribution in [0.2, 0.25) is 0 Å². The Balaban J connectivity index is 1.61. The van der Waals surface area contributed by atoms with E-state index in [-0.39, 0.29) is 18.3 Å². The molecule has 0 unspecified atom stereocenters. The third-order valence-electron chi connectivity index (χ3n) is 4.80. The number of hydrogen-bond acceptors (Lipinski definition) is 5. The van der Waals surface area contributed by atoms with Crippen LogP contribution in [0.4, 0.5) is 10.1 Å². The summed E-state index contributed by atoms with van der Waals surface area (Å²) in [4.78, 5) is 15.1. The van der Waals surface area contributed by atoms with Crippen LogP contribution in [-0.2, 0) is 11.4 Å². The third-order valence-corrected chi connectivity index (χ3v) is 6.79. The number of halogens is 2. The molecule has 0 radical (unpaired) electrons. The first-order valence-corrected chi connectivity index (χ1v) is 12.1. The molecule has 8 heteroatoms. The summed E-state index contributed by atoms with van der Waals surface area (Å²) in [5.41, 5.74) is 1.92. The van der Waals surface area contributed by atoms with Crippen LogP contribution in [0.3, 0.4) is 0 Å². The molecule has 1 aliphatic rings. The second-order valence-electron chi connectivity index (χ2n) is 6.99. The molecule has 1 saturated heterocycles. The van der Waals surface area contributed by atoms with Gasteiger partial charge in [0.25, 0.3) is 5.91 Å². The molecule has 0 N–H and O–H groups in total. The number of para-hydroxylation sites is 1. The van der Waals surface area contributed by atoms with E-state index >= 15 is 0 Å². The van der Waals surface area contributed by atoms with Crippen molar-refractivity contribution in [3.63, 3.8) is 0 Å². The Bertz CT molecular complexity index is 1230. The molecule has 0 bridgehead atoms. The lowest BCUT2D eigenvalue weighted by Crippen LogP contribution is -2.27. The Morgan fingerprint density at radius 2 is 1.76 bits per heavy atom. The highest BCUT2D eigenvalue weighted by Gasteiger charge is 2.33. The summed E-state index contributed by atoms with van der Waals surface area (Å²) in [6, 6.07) is 19.3. The maximum absolute atomic E-state index is 14.0. The zero-order chi connectivity index (χ0) is 23.4. The lowest BCUT2D eigenvalue weighted by molar-refractivity contribution is -0.113. The largest absolute Gasteiger partial charge is 0.490 e. The predicted octanol–water partition coefficient (Wildman–Crippen LogP) is 6.97. The molecule has 1 fully saturated rings. The van der Waals surface area contributed by atoms with Crippen molar-refractivity contribution < 1.29 is 18.7 Å². The Kier molecular flexibility index (Phi) is 7.47. The molecule has 0 atom stereocenters. The van der Waals surface area contributed by atoms with Crippen molar-refractivity contribution in [2.75, 3.05) is 11.5 Å². The number of amides is 1. The molecular formula is C25H19BrFNO3S2. The molecule has 0 spiro atoms. The van der Waals surface area contributed by atoms with Gasteiger partial charge in [0.15, 0.2) is 15.8 Å². The first kappa shape index (κ1) is 23.5. The quantitative estimate of drug-likeness (QED) is 0.237. The zero-order valence-corrected chi connectivity index (χ0v) is 20.8. The van der Waals surface area contributed by atoms with E-state index in [0.717, 1.165) is 11.3 Å². The van der Waals surface area contributed by atoms with Gasteiger partial charge in [0.1, 0.15) is 12.4 Å². The van der Waals surface area contributed by atoms with Gasteiger partial charge in [-0.1, -0.05) is 76.3 Å². The van der Waals surface area contributed by atoms with Crippen LogP contribution >= 0.6 is 39.9 Å². The number of rotatable bonds is 7. The van der Waals surface area contributed by atoms with Crippen molar-refractivity contribution in [3.05, 3.63) is 93.1 Å². The summed E-state index contributed by atoms with van der Waals surface area (Å²) >= 11 is 10.2. The minimum Gasteiger partial charge on any atom is -0.490 e. The van der Waals surface area contributed by atoms with E-state index in [1.54, 1.807) is 36.4 Å². The van der Waals surface area contributed by atoms with E-state index in [9.17, 15) is 9.18 Å². The van der Waals surface area contributed by atoms with Gasteiger partial charge in [0, 0.05) is 10.0 Å². The maximum atomic E-state index is 14.0. The number of thioether (sulfide) groups is 1. The van der Waals surface area contributed by atoms with E-state index in [1.165, 1.54) is 22.7 Å². The van der Waals surface area contributed by atoms with Crippen LogP contribution in [0.25, 0.3) is 6.08 Å². The van der Waals surface area contributed by atoms with Crippen LogP contribution in [0.15, 0.2) is 76.1 Å². The Morgan fingerprint density at radius 1 is 1.06 bits per heavy atom. The summed E-state index contributed by atoms with van der Waals surface area (Å²) in [6.07, 6.45) is 1.77. The molecule has 0 aromatic heterocycles. The molecular weight excluding hydrogens is 525 g/mol. The van der Waals surface area contributed by atoms with Gasteiger partial charge in [0.2, 0.25) is 0 Å². The second kappa shape index (κ2) is 10.5. The van der Waals surface area contributed by atoms with E-state index in [2.05, 4.69) is 15.9 Å². The first-order valence-electron chi connectivity index (χ1n) is 10.1. The monoisotopic (exact) mass is 543 g/mol. The lowest BCUT2D eigenvalue weighted by atomic mass is 10.1. The van der Waals surface area contributed by atoms with Crippen LogP contribution in [0, 0.1) is 5.82 Å². The summed E-state index contributed by atoms with van der Waals surface area (Å²) in [7, 11) is 0. The van der Waals surface area contributed by atoms with E-state index < -0.39 is 0 Å². The van der Waals surface area contributed by atoms with Crippen molar-refractivity contribution in [1.29, 1.82) is 0 Å². The number of hydrogen-bond donors (Lipinski definition) is 0. The summed E-state index contributed by atoms with van der Waals surface area (Å²) in [5.74, 6) is 0.468. The summed E-state index contributed by atoms with van der Waals surface area (Å²) in [5, 5.41) is 0. The van der Waals surface area contributed by atoms with Crippen molar-refractivity contribution in [2.24, 2.45) is 0 Å². The third kappa shape index (κ3) is 5.29. The van der Waals surface area contributed by atoms with Gasteiger partial charge in [-0.2, -0.15) is 0 Å². The van der Waals surface area contributed by atoms with Gasteiger partial charge in [-0.05, 0) is 48.9 Å². The smallest absolute Gasteiger partial charge is 0.270 e. The number of benzene rings is 3. The average Bonchev–Trinajstić information content (AvgIpc) is 3.09. The predicted molar refractivity (Wildman–Crippen MR) is 138 cm³/mol. The van der Waals surface area contributed by atoms with Gasteiger partial charge in [-0.15, -0.1) is 0 Å². The SMILES string of the molecule is CCOc1cc(/C=C2/SC(=S)N(c3ccccc3)C2=O)c(Br)cc1OCc1ccccc1F. The minimum absolute atomic E-state index is 0.0638. The Hall–Kier alpha value is -2.68. The summed E-state index contributed by atoms with van der Waals surface area (Å²) in [6.45, 7) is 2.36. The fourth-order valence-corrected chi connectivity index (χ4v) is 4.95. The highest BCUT2D eigenvalue weighted by molar-refractivity contribution is 9.10. The van der Waals surface area contributed by atoms with E-state index in [1.807, 2.05) is 37.3 Å². The topological polar surface area (TPSA) is 38.8 Å². The highest BCUT2D eigenvalue weighted by Crippen LogP contribution is 2.39. The van der Waals surface area contributed by atoms with Gasteiger partial charge >= 0.3 is 0 Å². The summed E-state index contributed by atoms with van der Waals surface area (Å²) < 4.78 is 26.8. The van der Waals surface area contributed by atoms with Crippen LogP contribution < -0.4 is 14.4 Å². The molecule has 4 nitrogen and oxygen atoms in total. The number of ether oxygens (including phenoxy) is 2. The minimum atomic E-state index is -0.327. The van der Waals surface area contributed by atoms with Crippen molar-refractivity contribution >= 4 is 61.9 Å². The number of carbonyl (C=O) groups is 1. The fraction of sp³-hybridized carbons (Fsp3) is 0.120. The fourth-order valence-electron chi connectivity index (χ4n) is 3.22. The van der Waals surface area contributed by atoms with Crippen molar-refractivity contribution in [1.82, 2.24) is 0 Å². The lowest BCUT2D eigenvalue weighted by Gasteiger charge is -2.15. The van der Waals surface area contributed by atoms with Crippen LogP contribution in [0.1, 0.15) is 18.1 Å².